The van der Waals surface area contributed by atoms with Gasteiger partial charge < -0.3 is 14.8 Å². The van der Waals surface area contributed by atoms with Crippen molar-refractivity contribution in [2.24, 2.45) is 0 Å². The van der Waals surface area contributed by atoms with Crippen LogP contribution >= 0.6 is 0 Å². The minimum absolute atomic E-state index is 0.183. The highest BCUT2D eigenvalue weighted by Crippen LogP contribution is 2.19. The van der Waals surface area contributed by atoms with E-state index in [0.717, 1.165) is 31.6 Å². The molecule has 6 heteroatoms. The van der Waals surface area contributed by atoms with Crippen molar-refractivity contribution >= 4 is 0 Å². The van der Waals surface area contributed by atoms with Gasteiger partial charge in [0.05, 0.1) is 12.7 Å². The fourth-order valence-corrected chi connectivity index (χ4v) is 2.23. The summed E-state index contributed by atoms with van der Waals surface area (Å²) in [7, 11) is 0. The van der Waals surface area contributed by atoms with E-state index in [1.54, 1.807) is 6.92 Å². The number of hydrogen-bond donors (Lipinski definition) is 1. The lowest BCUT2D eigenvalue weighted by atomic mass is 10.1. The third kappa shape index (κ3) is 4.69. The van der Waals surface area contributed by atoms with Gasteiger partial charge in [0.1, 0.15) is 0 Å². The molecule has 0 spiro atoms. The van der Waals surface area contributed by atoms with Crippen LogP contribution in [0.25, 0.3) is 0 Å². The highest BCUT2D eigenvalue weighted by atomic mass is 19.2. The van der Waals surface area contributed by atoms with Gasteiger partial charge in [-0.2, -0.15) is 0 Å². The molecule has 1 fully saturated rings. The molecule has 0 amide bonds. The van der Waals surface area contributed by atoms with Gasteiger partial charge in [0.2, 0.25) is 0 Å². The number of rotatable bonds is 7. The smallest absolute Gasteiger partial charge is 0.194 e. The van der Waals surface area contributed by atoms with Gasteiger partial charge in [-0.15, -0.1) is 0 Å². The molecule has 1 N–H and O–H groups in total. The molecule has 1 aromatic carbocycles. The molecule has 0 saturated carbocycles. The van der Waals surface area contributed by atoms with Gasteiger partial charge in [-0.05, 0) is 44.0 Å². The van der Waals surface area contributed by atoms with Crippen LogP contribution in [-0.2, 0) is 9.47 Å². The fourth-order valence-electron chi connectivity index (χ4n) is 2.23. The predicted octanol–water partition coefficient (Wildman–Crippen LogP) is 2.95. The second-order valence-electron chi connectivity index (χ2n) is 5.18. The van der Waals surface area contributed by atoms with Crippen LogP contribution < -0.4 is 5.32 Å². The van der Waals surface area contributed by atoms with Crippen molar-refractivity contribution in [2.45, 2.75) is 31.9 Å². The first-order valence-corrected chi connectivity index (χ1v) is 7.15. The maximum atomic E-state index is 13.1. The van der Waals surface area contributed by atoms with Crippen molar-refractivity contribution in [3.8, 4) is 0 Å². The molecule has 118 valence electrons. The van der Waals surface area contributed by atoms with E-state index in [1.807, 2.05) is 0 Å². The monoisotopic (exact) mass is 303 g/mol. The first kappa shape index (κ1) is 16.3. The van der Waals surface area contributed by atoms with E-state index in [2.05, 4.69) is 5.32 Å². The summed E-state index contributed by atoms with van der Waals surface area (Å²) < 4.78 is 50.0. The highest BCUT2D eigenvalue weighted by molar-refractivity contribution is 5.22. The molecule has 3 nitrogen and oxygen atoms in total. The van der Waals surface area contributed by atoms with Crippen LogP contribution in [0.4, 0.5) is 13.2 Å². The minimum atomic E-state index is -1.43. The van der Waals surface area contributed by atoms with Crippen LogP contribution in [-0.4, -0.2) is 32.5 Å². The first-order chi connectivity index (χ1) is 10.1. The lowest BCUT2D eigenvalue weighted by molar-refractivity contribution is 0.0414. The molecule has 1 aromatic rings. The van der Waals surface area contributed by atoms with Crippen LogP contribution in [0.5, 0.6) is 0 Å². The normalized spacial score (nSPS) is 19.9. The van der Waals surface area contributed by atoms with Gasteiger partial charge in [-0.1, -0.05) is 0 Å². The minimum Gasteiger partial charge on any atom is -0.379 e. The number of halogens is 3. The molecule has 1 heterocycles. The molecular weight excluding hydrogens is 283 g/mol. The molecule has 0 radical (unpaired) electrons. The second kappa shape index (κ2) is 7.77. The van der Waals surface area contributed by atoms with Crippen LogP contribution in [0.2, 0.25) is 0 Å². The summed E-state index contributed by atoms with van der Waals surface area (Å²) in [6.07, 6.45) is 1.90. The van der Waals surface area contributed by atoms with Crippen LogP contribution in [0, 0.1) is 17.5 Å². The predicted molar refractivity (Wildman–Crippen MR) is 72.5 cm³/mol. The molecular formula is C15H20F3NO2. The standard InChI is InChI=1S/C15H20F3NO2/c1-10(11-7-13(16)15(18)14(17)8-11)19-4-2-5-21-12-3-6-20-9-12/h7-8,10,12,19H,2-6,9H2,1H3/t10-,12-/m1/s1. The van der Waals surface area contributed by atoms with Crippen molar-refractivity contribution < 1.29 is 22.6 Å². The van der Waals surface area contributed by atoms with Gasteiger partial charge in [0.25, 0.3) is 0 Å². The number of benzene rings is 1. The lowest BCUT2D eigenvalue weighted by Crippen LogP contribution is -2.22. The zero-order chi connectivity index (χ0) is 15.2. The summed E-state index contributed by atoms with van der Waals surface area (Å²) in [6.45, 7) is 4.44. The Morgan fingerprint density at radius 2 is 2.05 bits per heavy atom. The van der Waals surface area contributed by atoms with Gasteiger partial charge in [0.15, 0.2) is 17.5 Å². The largest absolute Gasteiger partial charge is 0.379 e. The van der Waals surface area contributed by atoms with Gasteiger partial charge in [0, 0.05) is 19.3 Å². The molecule has 21 heavy (non-hydrogen) atoms. The van der Waals surface area contributed by atoms with Gasteiger partial charge >= 0.3 is 0 Å². The molecule has 0 bridgehead atoms. The Balaban J connectivity index is 1.70. The van der Waals surface area contributed by atoms with Crippen LogP contribution in [0.3, 0.4) is 0 Å². The summed E-state index contributed by atoms with van der Waals surface area (Å²) in [6, 6.07) is 1.77. The first-order valence-electron chi connectivity index (χ1n) is 7.15. The Morgan fingerprint density at radius 3 is 2.67 bits per heavy atom. The van der Waals surface area contributed by atoms with E-state index in [4.69, 9.17) is 9.47 Å². The van der Waals surface area contributed by atoms with Crippen molar-refractivity contribution in [3.63, 3.8) is 0 Å². The van der Waals surface area contributed by atoms with Crippen LogP contribution in [0.15, 0.2) is 12.1 Å². The van der Waals surface area contributed by atoms with Crippen molar-refractivity contribution in [1.29, 1.82) is 0 Å². The van der Waals surface area contributed by atoms with Gasteiger partial charge in [-0.3, -0.25) is 0 Å². The molecule has 2 rings (SSSR count). The Bertz CT molecular complexity index is 441. The van der Waals surface area contributed by atoms with Crippen LogP contribution in [0.1, 0.15) is 31.4 Å². The molecule has 0 unspecified atom stereocenters. The molecule has 1 aliphatic rings. The summed E-state index contributed by atoms with van der Waals surface area (Å²) in [5.41, 5.74) is 0.386. The topological polar surface area (TPSA) is 30.5 Å². The SMILES string of the molecule is C[C@@H](NCCCO[C@@H]1CCOC1)c1cc(F)c(F)c(F)c1. The summed E-state index contributed by atoms with van der Waals surface area (Å²) in [5.74, 6) is -3.76. The Labute approximate surface area is 122 Å². The maximum absolute atomic E-state index is 13.1. The van der Waals surface area contributed by atoms with E-state index < -0.39 is 17.5 Å². The molecule has 0 aromatic heterocycles. The summed E-state index contributed by atoms with van der Waals surface area (Å²) >= 11 is 0. The van der Waals surface area contributed by atoms with Crippen molar-refractivity contribution in [1.82, 2.24) is 5.32 Å². The Morgan fingerprint density at radius 1 is 1.33 bits per heavy atom. The summed E-state index contributed by atoms with van der Waals surface area (Å²) in [4.78, 5) is 0. The third-order valence-electron chi connectivity index (χ3n) is 3.52. The van der Waals surface area contributed by atoms with Gasteiger partial charge in [-0.25, -0.2) is 13.2 Å². The third-order valence-corrected chi connectivity index (χ3v) is 3.52. The van der Waals surface area contributed by atoms with E-state index in [9.17, 15) is 13.2 Å². The fraction of sp³-hybridized carbons (Fsp3) is 0.600. The second-order valence-corrected chi connectivity index (χ2v) is 5.18. The number of hydrogen-bond acceptors (Lipinski definition) is 3. The average molecular weight is 303 g/mol. The lowest BCUT2D eigenvalue weighted by Gasteiger charge is -2.15. The quantitative estimate of drug-likeness (QED) is 0.620. The van der Waals surface area contributed by atoms with E-state index in [1.165, 1.54) is 0 Å². The maximum Gasteiger partial charge on any atom is 0.194 e. The Kier molecular flexibility index (Phi) is 6.02. The van der Waals surface area contributed by atoms with E-state index >= 15 is 0 Å². The molecule has 0 aliphatic carbocycles. The zero-order valence-corrected chi connectivity index (χ0v) is 12.0. The summed E-state index contributed by atoms with van der Waals surface area (Å²) in [5, 5.41) is 3.13. The van der Waals surface area contributed by atoms with Crippen molar-refractivity contribution in [2.75, 3.05) is 26.4 Å². The zero-order valence-electron chi connectivity index (χ0n) is 12.0. The molecule has 1 aliphatic heterocycles. The van der Waals surface area contributed by atoms with Crippen molar-refractivity contribution in [3.05, 3.63) is 35.1 Å². The number of ether oxygens (including phenoxy) is 2. The molecule has 2 atom stereocenters. The highest BCUT2D eigenvalue weighted by Gasteiger charge is 2.16. The molecule has 1 saturated heterocycles. The van der Waals surface area contributed by atoms with E-state index in [-0.39, 0.29) is 12.1 Å². The average Bonchev–Trinajstić information content (AvgIpc) is 2.96. The Hall–Kier alpha value is -1.11. The number of nitrogens with one attached hydrogen (secondary N) is 1. The van der Waals surface area contributed by atoms with E-state index in [0.29, 0.717) is 25.3 Å².